The first-order chi connectivity index (χ1) is 8.50. The minimum absolute atomic E-state index is 0.363. The number of halogens is 4. The average Bonchev–Trinajstić information content (AvgIpc) is 2.32. The van der Waals surface area contributed by atoms with Crippen molar-refractivity contribution in [1.29, 1.82) is 0 Å². The lowest BCUT2D eigenvalue weighted by atomic mass is 10.0. The Labute approximate surface area is 122 Å². The maximum absolute atomic E-state index is 13.6. The van der Waals surface area contributed by atoms with E-state index in [1.54, 1.807) is 12.1 Å². The molecule has 0 aliphatic heterocycles. The molecule has 0 radical (unpaired) electrons. The third-order valence-electron chi connectivity index (χ3n) is 2.53. The Morgan fingerprint density at radius 3 is 2.33 bits per heavy atom. The molecule has 0 heterocycles. The van der Waals surface area contributed by atoms with E-state index in [1.807, 2.05) is 22.6 Å². The highest BCUT2D eigenvalue weighted by atomic mass is 127. The summed E-state index contributed by atoms with van der Waals surface area (Å²) in [4.78, 5) is 0. The number of hydrogen-bond donors (Lipinski definition) is 1. The van der Waals surface area contributed by atoms with Gasteiger partial charge in [-0.1, -0.05) is 17.7 Å². The summed E-state index contributed by atoms with van der Waals surface area (Å²) in [6, 6.07) is 8.30. The highest BCUT2D eigenvalue weighted by Gasteiger charge is 2.21. The Morgan fingerprint density at radius 2 is 1.72 bits per heavy atom. The molecule has 0 amide bonds. The monoisotopic (exact) mass is 380 g/mol. The summed E-state index contributed by atoms with van der Waals surface area (Å²) in [6.45, 7) is 0. The molecule has 18 heavy (non-hydrogen) atoms. The van der Waals surface area contributed by atoms with Gasteiger partial charge in [0.05, 0.1) is 5.56 Å². The highest BCUT2D eigenvalue weighted by molar-refractivity contribution is 14.1. The molecule has 2 aromatic rings. The topological polar surface area (TPSA) is 20.2 Å². The molecule has 0 spiro atoms. The van der Waals surface area contributed by atoms with Gasteiger partial charge in [0.25, 0.3) is 0 Å². The number of aliphatic hydroxyl groups excluding tert-OH is 1. The molecule has 0 fully saturated rings. The molecule has 2 aromatic carbocycles. The summed E-state index contributed by atoms with van der Waals surface area (Å²) >= 11 is 7.80. The van der Waals surface area contributed by atoms with E-state index in [0.717, 1.165) is 12.1 Å². The van der Waals surface area contributed by atoms with Crippen molar-refractivity contribution in [2.75, 3.05) is 0 Å². The van der Waals surface area contributed by atoms with Crippen molar-refractivity contribution in [3.8, 4) is 0 Å². The fraction of sp³-hybridized carbons (Fsp3) is 0.0769. The fourth-order valence-electron chi connectivity index (χ4n) is 1.65. The standard InChI is InChI=1S/C13H8ClF2IO/c14-7-4-5-11(17)8(6-7)13(18)12-9(15)2-1-3-10(12)16/h1-6,13,18H. The van der Waals surface area contributed by atoms with E-state index in [1.165, 1.54) is 12.1 Å². The van der Waals surface area contributed by atoms with Crippen LogP contribution in [0.25, 0.3) is 0 Å². The highest BCUT2D eigenvalue weighted by Crippen LogP contribution is 2.31. The zero-order valence-corrected chi connectivity index (χ0v) is 11.9. The Hall–Kier alpha value is -0.720. The second kappa shape index (κ2) is 5.50. The lowest BCUT2D eigenvalue weighted by Gasteiger charge is -2.15. The molecule has 1 unspecified atom stereocenters. The van der Waals surface area contributed by atoms with Crippen molar-refractivity contribution in [3.05, 3.63) is 67.8 Å². The molecule has 2 rings (SSSR count). The fourth-order valence-corrected chi connectivity index (χ4v) is 2.46. The van der Waals surface area contributed by atoms with Crippen LogP contribution in [0.4, 0.5) is 8.78 Å². The Morgan fingerprint density at radius 1 is 1.11 bits per heavy atom. The van der Waals surface area contributed by atoms with E-state index in [2.05, 4.69) is 0 Å². The van der Waals surface area contributed by atoms with Crippen LogP contribution in [0.2, 0.25) is 5.02 Å². The van der Waals surface area contributed by atoms with Crippen LogP contribution < -0.4 is 0 Å². The second-order valence-electron chi connectivity index (χ2n) is 3.70. The van der Waals surface area contributed by atoms with Gasteiger partial charge in [-0.25, -0.2) is 8.78 Å². The minimum Gasteiger partial charge on any atom is -0.383 e. The first-order valence-electron chi connectivity index (χ1n) is 5.07. The largest absolute Gasteiger partial charge is 0.383 e. The molecule has 0 aliphatic rings. The van der Waals surface area contributed by atoms with E-state index < -0.39 is 17.7 Å². The maximum Gasteiger partial charge on any atom is 0.132 e. The van der Waals surface area contributed by atoms with Crippen LogP contribution in [0, 0.1) is 15.2 Å². The van der Waals surface area contributed by atoms with Crippen molar-refractivity contribution in [1.82, 2.24) is 0 Å². The summed E-state index contributed by atoms with van der Waals surface area (Å²) in [7, 11) is 0. The van der Waals surface area contributed by atoms with Crippen LogP contribution in [-0.4, -0.2) is 5.11 Å². The van der Waals surface area contributed by atoms with Crippen molar-refractivity contribution >= 4 is 34.2 Å². The van der Waals surface area contributed by atoms with Gasteiger partial charge in [0.1, 0.15) is 17.7 Å². The van der Waals surface area contributed by atoms with Crippen LogP contribution in [-0.2, 0) is 0 Å². The van der Waals surface area contributed by atoms with Gasteiger partial charge in [0.15, 0.2) is 0 Å². The molecular formula is C13H8ClF2IO. The van der Waals surface area contributed by atoms with Gasteiger partial charge in [-0.3, -0.25) is 0 Å². The summed E-state index contributed by atoms with van der Waals surface area (Å²) < 4.78 is 27.9. The van der Waals surface area contributed by atoms with E-state index in [0.29, 0.717) is 14.2 Å². The summed E-state index contributed by atoms with van der Waals surface area (Å²) in [6.07, 6.45) is -1.38. The lowest BCUT2D eigenvalue weighted by molar-refractivity contribution is 0.208. The molecule has 0 saturated carbocycles. The Kier molecular flexibility index (Phi) is 4.19. The second-order valence-corrected chi connectivity index (χ2v) is 5.30. The maximum atomic E-state index is 13.6. The third kappa shape index (κ3) is 2.65. The molecule has 0 saturated heterocycles. The zero-order valence-electron chi connectivity index (χ0n) is 9.00. The third-order valence-corrected chi connectivity index (χ3v) is 3.74. The van der Waals surface area contributed by atoms with Crippen LogP contribution in [0.1, 0.15) is 17.2 Å². The number of aliphatic hydroxyl groups is 1. The quantitative estimate of drug-likeness (QED) is 0.770. The average molecular weight is 381 g/mol. The van der Waals surface area contributed by atoms with Crippen molar-refractivity contribution in [2.24, 2.45) is 0 Å². The molecule has 1 atom stereocenters. The molecule has 0 aromatic heterocycles. The molecule has 0 aliphatic carbocycles. The van der Waals surface area contributed by atoms with Gasteiger partial charge >= 0.3 is 0 Å². The molecule has 5 heteroatoms. The minimum atomic E-state index is -1.38. The lowest BCUT2D eigenvalue weighted by Crippen LogP contribution is -2.07. The van der Waals surface area contributed by atoms with Crippen LogP contribution in [0.15, 0.2) is 36.4 Å². The smallest absolute Gasteiger partial charge is 0.132 e. The molecule has 1 nitrogen and oxygen atoms in total. The molecular weight excluding hydrogens is 372 g/mol. The number of benzene rings is 2. The van der Waals surface area contributed by atoms with E-state index in [9.17, 15) is 13.9 Å². The van der Waals surface area contributed by atoms with Gasteiger partial charge in [-0.2, -0.15) is 0 Å². The van der Waals surface area contributed by atoms with Crippen LogP contribution in [0.3, 0.4) is 0 Å². The van der Waals surface area contributed by atoms with E-state index in [4.69, 9.17) is 11.6 Å². The summed E-state index contributed by atoms with van der Waals surface area (Å²) in [5, 5.41) is 10.5. The van der Waals surface area contributed by atoms with Gasteiger partial charge < -0.3 is 5.11 Å². The Bertz CT molecular complexity index is 569. The Balaban J connectivity index is 2.54. The molecule has 94 valence electrons. The van der Waals surface area contributed by atoms with Gasteiger partial charge in [0, 0.05) is 8.59 Å². The van der Waals surface area contributed by atoms with Crippen molar-refractivity contribution < 1.29 is 13.9 Å². The van der Waals surface area contributed by atoms with Crippen LogP contribution >= 0.6 is 34.2 Å². The predicted octanol–water partition coefficient (Wildman–Crippen LogP) is 4.30. The number of rotatable bonds is 2. The van der Waals surface area contributed by atoms with Crippen molar-refractivity contribution in [2.45, 2.75) is 6.10 Å². The normalized spacial score (nSPS) is 12.5. The zero-order chi connectivity index (χ0) is 13.3. The van der Waals surface area contributed by atoms with Crippen molar-refractivity contribution in [3.63, 3.8) is 0 Å². The first kappa shape index (κ1) is 13.7. The first-order valence-corrected chi connectivity index (χ1v) is 6.53. The predicted molar refractivity (Wildman–Crippen MR) is 74.6 cm³/mol. The van der Waals surface area contributed by atoms with Crippen LogP contribution in [0.5, 0.6) is 0 Å². The number of hydrogen-bond acceptors (Lipinski definition) is 1. The summed E-state index contributed by atoms with van der Waals surface area (Å²) in [5.74, 6) is -1.56. The van der Waals surface area contributed by atoms with E-state index in [-0.39, 0.29) is 5.56 Å². The summed E-state index contributed by atoms with van der Waals surface area (Å²) in [5.41, 5.74) is 0.0183. The van der Waals surface area contributed by atoms with Gasteiger partial charge in [-0.15, -0.1) is 0 Å². The van der Waals surface area contributed by atoms with E-state index >= 15 is 0 Å². The van der Waals surface area contributed by atoms with Gasteiger partial charge in [-0.05, 0) is 58.5 Å². The van der Waals surface area contributed by atoms with Gasteiger partial charge in [0.2, 0.25) is 0 Å². The molecule has 1 N–H and O–H groups in total. The SMILES string of the molecule is OC(c1cc(Cl)ccc1I)c1c(F)cccc1F. The molecule has 0 bridgehead atoms.